The standard InChI is InChI=1S/C12H20N2O2/c1-8(2)7-10(13)12(15)14-9(3)11-5-4-6-16-11/h4-6,8-10H,7,13H2,1-3H3,(H,14,15)/t9-,10?/m0/s1. The average Bonchev–Trinajstić information content (AvgIpc) is 2.68. The van der Waals surface area contributed by atoms with Crippen LogP contribution in [-0.2, 0) is 4.79 Å². The summed E-state index contributed by atoms with van der Waals surface area (Å²) < 4.78 is 5.20. The first-order chi connectivity index (χ1) is 7.50. The molecule has 1 aromatic rings. The monoisotopic (exact) mass is 224 g/mol. The summed E-state index contributed by atoms with van der Waals surface area (Å²) in [5, 5.41) is 2.83. The maximum absolute atomic E-state index is 11.7. The van der Waals surface area contributed by atoms with Crippen molar-refractivity contribution in [2.24, 2.45) is 11.7 Å². The molecule has 16 heavy (non-hydrogen) atoms. The minimum absolute atomic E-state index is 0.127. The molecule has 4 nitrogen and oxygen atoms in total. The third-order valence-corrected chi connectivity index (χ3v) is 2.39. The smallest absolute Gasteiger partial charge is 0.237 e. The summed E-state index contributed by atoms with van der Waals surface area (Å²) in [6, 6.07) is 3.04. The SMILES string of the molecule is CC(C)CC(N)C(=O)N[C@@H](C)c1ccco1. The second-order valence-corrected chi connectivity index (χ2v) is 4.48. The molecule has 0 saturated carbocycles. The molecule has 0 spiro atoms. The molecule has 4 heteroatoms. The fourth-order valence-corrected chi connectivity index (χ4v) is 1.54. The summed E-state index contributed by atoms with van der Waals surface area (Å²) in [6.07, 6.45) is 2.28. The van der Waals surface area contributed by atoms with Gasteiger partial charge in [0.25, 0.3) is 0 Å². The van der Waals surface area contributed by atoms with Crippen LogP contribution in [0.15, 0.2) is 22.8 Å². The normalized spacial score (nSPS) is 14.8. The molecule has 90 valence electrons. The van der Waals surface area contributed by atoms with Gasteiger partial charge in [0, 0.05) is 0 Å². The van der Waals surface area contributed by atoms with Gasteiger partial charge in [-0.05, 0) is 31.4 Å². The van der Waals surface area contributed by atoms with E-state index in [2.05, 4.69) is 5.32 Å². The maximum atomic E-state index is 11.7. The lowest BCUT2D eigenvalue weighted by Gasteiger charge is -2.17. The van der Waals surface area contributed by atoms with Crippen LogP contribution >= 0.6 is 0 Å². The molecule has 1 amide bonds. The number of nitrogens with one attached hydrogen (secondary N) is 1. The van der Waals surface area contributed by atoms with E-state index >= 15 is 0 Å². The van der Waals surface area contributed by atoms with Crippen molar-refractivity contribution in [3.05, 3.63) is 24.2 Å². The molecule has 0 radical (unpaired) electrons. The number of amides is 1. The van der Waals surface area contributed by atoms with Gasteiger partial charge in [-0.2, -0.15) is 0 Å². The lowest BCUT2D eigenvalue weighted by molar-refractivity contribution is -0.123. The first kappa shape index (κ1) is 12.8. The Kier molecular flexibility index (Phi) is 4.55. The van der Waals surface area contributed by atoms with E-state index in [1.54, 1.807) is 12.3 Å². The van der Waals surface area contributed by atoms with Gasteiger partial charge in [-0.3, -0.25) is 4.79 Å². The quantitative estimate of drug-likeness (QED) is 0.801. The maximum Gasteiger partial charge on any atom is 0.237 e. The molecule has 0 aromatic carbocycles. The molecule has 3 N–H and O–H groups in total. The molecule has 0 fully saturated rings. The van der Waals surface area contributed by atoms with Crippen molar-refractivity contribution in [3.63, 3.8) is 0 Å². The van der Waals surface area contributed by atoms with Crippen LogP contribution in [0.5, 0.6) is 0 Å². The van der Waals surface area contributed by atoms with Crippen LogP contribution in [0.4, 0.5) is 0 Å². The highest BCUT2D eigenvalue weighted by molar-refractivity contribution is 5.81. The van der Waals surface area contributed by atoms with Crippen molar-refractivity contribution in [2.45, 2.75) is 39.3 Å². The van der Waals surface area contributed by atoms with Gasteiger partial charge >= 0.3 is 0 Å². The van der Waals surface area contributed by atoms with Crippen LogP contribution in [-0.4, -0.2) is 11.9 Å². The summed E-state index contributed by atoms with van der Waals surface area (Å²) in [7, 11) is 0. The Morgan fingerprint density at radius 1 is 1.50 bits per heavy atom. The number of carbonyl (C=O) groups is 1. The zero-order valence-corrected chi connectivity index (χ0v) is 10.1. The predicted octanol–water partition coefficient (Wildman–Crippen LogP) is 1.83. The van der Waals surface area contributed by atoms with Crippen molar-refractivity contribution in [1.29, 1.82) is 0 Å². The van der Waals surface area contributed by atoms with E-state index in [0.717, 1.165) is 5.76 Å². The predicted molar refractivity (Wildman–Crippen MR) is 62.7 cm³/mol. The van der Waals surface area contributed by atoms with E-state index in [0.29, 0.717) is 12.3 Å². The Balaban J connectivity index is 2.45. The van der Waals surface area contributed by atoms with E-state index in [1.165, 1.54) is 0 Å². The highest BCUT2D eigenvalue weighted by atomic mass is 16.3. The van der Waals surface area contributed by atoms with Crippen molar-refractivity contribution < 1.29 is 9.21 Å². The van der Waals surface area contributed by atoms with Gasteiger partial charge < -0.3 is 15.5 Å². The molecule has 0 aliphatic heterocycles. The van der Waals surface area contributed by atoms with Crippen molar-refractivity contribution in [1.82, 2.24) is 5.32 Å². The fourth-order valence-electron chi connectivity index (χ4n) is 1.54. The van der Waals surface area contributed by atoms with Gasteiger partial charge in [-0.1, -0.05) is 13.8 Å². The van der Waals surface area contributed by atoms with Gasteiger partial charge in [-0.15, -0.1) is 0 Å². The first-order valence-corrected chi connectivity index (χ1v) is 5.60. The number of rotatable bonds is 5. The molecule has 1 rings (SSSR count). The van der Waals surface area contributed by atoms with Crippen LogP contribution in [0.1, 0.15) is 39.0 Å². The summed E-state index contributed by atoms with van der Waals surface area (Å²) in [6.45, 7) is 5.96. The fraction of sp³-hybridized carbons (Fsp3) is 0.583. The third-order valence-electron chi connectivity index (χ3n) is 2.39. The van der Waals surface area contributed by atoms with Gasteiger partial charge in [0.05, 0.1) is 18.3 Å². The molecule has 0 bridgehead atoms. The number of furan rings is 1. The second kappa shape index (κ2) is 5.70. The Morgan fingerprint density at radius 2 is 2.19 bits per heavy atom. The summed E-state index contributed by atoms with van der Waals surface area (Å²) >= 11 is 0. The molecule has 1 unspecified atom stereocenters. The lowest BCUT2D eigenvalue weighted by Crippen LogP contribution is -2.42. The summed E-state index contributed by atoms with van der Waals surface area (Å²) in [4.78, 5) is 11.7. The van der Waals surface area contributed by atoms with E-state index in [4.69, 9.17) is 10.2 Å². The Morgan fingerprint density at radius 3 is 2.69 bits per heavy atom. The summed E-state index contributed by atoms with van der Waals surface area (Å²) in [5.74, 6) is 1.03. The zero-order chi connectivity index (χ0) is 12.1. The van der Waals surface area contributed by atoms with Crippen LogP contribution in [0.3, 0.4) is 0 Å². The molecular formula is C12H20N2O2. The topological polar surface area (TPSA) is 68.3 Å². The Hall–Kier alpha value is -1.29. The first-order valence-electron chi connectivity index (χ1n) is 5.60. The average molecular weight is 224 g/mol. The van der Waals surface area contributed by atoms with Crippen LogP contribution in [0.25, 0.3) is 0 Å². The van der Waals surface area contributed by atoms with E-state index in [9.17, 15) is 4.79 Å². The van der Waals surface area contributed by atoms with Crippen molar-refractivity contribution in [3.8, 4) is 0 Å². The van der Waals surface area contributed by atoms with Gasteiger partial charge in [0.15, 0.2) is 0 Å². The Labute approximate surface area is 96.2 Å². The van der Waals surface area contributed by atoms with Gasteiger partial charge in [0.1, 0.15) is 5.76 Å². The zero-order valence-electron chi connectivity index (χ0n) is 10.1. The molecule has 0 aliphatic carbocycles. The largest absolute Gasteiger partial charge is 0.467 e. The molecule has 0 saturated heterocycles. The molecule has 2 atom stereocenters. The number of hydrogen-bond acceptors (Lipinski definition) is 3. The van der Waals surface area contributed by atoms with E-state index < -0.39 is 6.04 Å². The van der Waals surface area contributed by atoms with Crippen LogP contribution < -0.4 is 11.1 Å². The molecular weight excluding hydrogens is 204 g/mol. The van der Waals surface area contributed by atoms with Crippen LogP contribution in [0, 0.1) is 5.92 Å². The number of nitrogens with two attached hydrogens (primary N) is 1. The van der Waals surface area contributed by atoms with Crippen molar-refractivity contribution >= 4 is 5.91 Å². The molecule has 1 aromatic heterocycles. The second-order valence-electron chi connectivity index (χ2n) is 4.48. The van der Waals surface area contributed by atoms with E-state index in [-0.39, 0.29) is 11.9 Å². The minimum atomic E-state index is -0.447. The minimum Gasteiger partial charge on any atom is -0.467 e. The Bertz CT molecular complexity index is 320. The third kappa shape index (κ3) is 3.70. The van der Waals surface area contributed by atoms with Gasteiger partial charge in [0.2, 0.25) is 5.91 Å². The van der Waals surface area contributed by atoms with Crippen molar-refractivity contribution in [2.75, 3.05) is 0 Å². The highest BCUT2D eigenvalue weighted by Crippen LogP contribution is 2.12. The number of hydrogen-bond donors (Lipinski definition) is 2. The highest BCUT2D eigenvalue weighted by Gasteiger charge is 2.18. The summed E-state index contributed by atoms with van der Waals surface area (Å²) in [5.41, 5.74) is 5.78. The van der Waals surface area contributed by atoms with E-state index in [1.807, 2.05) is 26.8 Å². The van der Waals surface area contributed by atoms with Crippen LogP contribution in [0.2, 0.25) is 0 Å². The lowest BCUT2D eigenvalue weighted by atomic mass is 10.0. The molecule has 1 heterocycles. The number of carbonyl (C=O) groups excluding carboxylic acids is 1. The molecule has 0 aliphatic rings. The van der Waals surface area contributed by atoms with Gasteiger partial charge in [-0.25, -0.2) is 0 Å².